The van der Waals surface area contributed by atoms with Crippen molar-refractivity contribution in [1.29, 1.82) is 0 Å². The first-order chi connectivity index (χ1) is 7.04. The van der Waals surface area contributed by atoms with Gasteiger partial charge in [0.15, 0.2) is 0 Å². The second-order valence-electron chi connectivity index (χ2n) is 5.54. The van der Waals surface area contributed by atoms with Crippen LogP contribution < -0.4 is 5.32 Å². The Kier molecular flexibility index (Phi) is 2.78. The number of nitrogens with one attached hydrogen (secondary N) is 1. The van der Waals surface area contributed by atoms with Crippen LogP contribution in [0.2, 0.25) is 0 Å². The molecule has 0 bridgehead atoms. The highest BCUT2D eigenvalue weighted by molar-refractivity contribution is 4.92. The molecule has 1 aliphatic rings. The Balaban J connectivity index is 1.88. The lowest BCUT2D eigenvalue weighted by Crippen LogP contribution is -2.41. The molecule has 1 aromatic rings. The van der Waals surface area contributed by atoms with Gasteiger partial charge in [-0.2, -0.15) is 5.10 Å². The normalized spacial score (nSPS) is 21.4. The highest BCUT2D eigenvalue weighted by Gasteiger charge is 2.20. The monoisotopic (exact) mass is 208 g/mol. The summed E-state index contributed by atoms with van der Waals surface area (Å²) < 4.78 is 2.02. The number of nitrogens with zero attached hydrogens (tertiary/aromatic N) is 3. The van der Waals surface area contributed by atoms with E-state index in [1.165, 1.54) is 6.42 Å². The summed E-state index contributed by atoms with van der Waals surface area (Å²) in [5.41, 5.74) is 0.350. The van der Waals surface area contributed by atoms with Gasteiger partial charge in [0.1, 0.15) is 12.2 Å². The fraction of sp³-hybridized carbons (Fsp3) is 0.818. The summed E-state index contributed by atoms with van der Waals surface area (Å²) in [7, 11) is 0. The van der Waals surface area contributed by atoms with E-state index in [4.69, 9.17) is 0 Å². The molecule has 2 rings (SSSR count). The number of hydrogen-bond acceptors (Lipinski definition) is 3. The molecule has 1 aromatic heterocycles. The first kappa shape index (κ1) is 10.6. The Bertz CT molecular complexity index is 324. The second kappa shape index (κ2) is 3.93. The molecule has 0 aliphatic carbocycles. The van der Waals surface area contributed by atoms with Gasteiger partial charge in [-0.3, -0.25) is 0 Å². The standard InChI is InChI=1S/C11H20N4/c1-11(2,3)7-12-9-4-5-10-13-8-14-15(10)6-9/h8-9,12H,4-7H2,1-3H3. The van der Waals surface area contributed by atoms with Crippen LogP contribution in [-0.4, -0.2) is 27.4 Å². The first-order valence-corrected chi connectivity index (χ1v) is 5.65. The molecule has 15 heavy (non-hydrogen) atoms. The Hall–Kier alpha value is -0.900. The van der Waals surface area contributed by atoms with Gasteiger partial charge in [0, 0.05) is 19.0 Å². The summed E-state index contributed by atoms with van der Waals surface area (Å²) in [5, 5.41) is 7.82. The Morgan fingerprint density at radius 1 is 1.53 bits per heavy atom. The van der Waals surface area contributed by atoms with E-state index in [9.17, 15) is 0 Å². The minimum absolute atomic E-state index is 0.350. The number of fused-ring (bicyclic) bond motifs is 1. The SMILES string of the molecule is CC(C)(C)CNC1CCc2ncnn2C1. The van der Waals surface area contributed by atoms with Gasteiger partial charge < -0.3 is 5.32 Å². The largest absolute Gasteiger partial charge is 0.312 e. The van der Waals surface area contributed by atoms with Crippen LogP contribution in [0.1, 0.15) is 33.0 Å². The van der Waals surface area contributed by atoms with E-state index in [0.29, 0.717) is 11.5 Å². The zero-order chi connectivity index (χ0) is 10.9. The molecule has 1 unspecified atom stereocenters. The molecule has 0 amide bonds. The van der Waals surface area contributed by atoms with Crippen molar-refractivity contribution in [2.24, 2.45) is 5.41 Å². The van der Waals surface area contributed by atoms with Crippen molar-refractivity contribution in [1.82, 2.24) is 20.1 Å². The number of aromatic nitrogens is 3. The predicted molar refractivity (Wildman–Crippen MR) is 59.6 cm³/mol. The van der Waals surface area contributed by atoms with Gasteiger partial charge in [0.25, 0.3) is 0 Å². The summed E-state index contributed by atoms with van der Waals surface area (Å²) in [6.07, 6.45) is 3.87. The van der Waals surface area contributed by atoms with Crippen molar-refractivity contribution in [3.63, 3.8) is 0 Å². The van der Waals surface area contributed by atoms with Crippen molar-refractivity contribution < 1.29 is 0 Å². The Morgan fingerprint density at radius 3 is 3.07 bits per heavy atom. The van der Waals surface area contributed by atoms with Gasteiger partial charge in [-0.15, -0.1) is 0 Å². The molecule has 4 heteroatoms. The second-order valence-corrected chi connectivity index (χ2v) is 5.54. The quantitative estimate of drug-likeness (QED) is 0.795. The van der Waals surface area contributed by atoms with Crippen LogP contribution >= 0.6 is 0 Å². The van der Waals surface area contributed by atoms with Gasteiger partial charge in [-0.25, -0.2) is 9.67 Å². The topological polar surface area (TPSA) is 42.7 Å². The maximum absolute atomic E-state index is 4.22. The van der Waals surface area contributed by atoms with Crippen LogP contribution in [0, 0.1) is 5.41 Å². The molecule has 84 valence electrons. The molecule has 4 nitrogen and oxygen atoms in total. The van der Waals surface area contributed by atoms with E-state index >= 15 is 0 Å². The highest BCUT2D eigenvalue weighted by Crippen LogP contribution is 2.15. The van der Waals surface area contributed by atoms with E-state index < -0.39 is 0 Å². The van der Waals surface area contributed by atoms with Crippen molar-refractivity contribution in [3.8, 4) is 0 Å². The van der Waals surface area contributed by atoms with Crippen LogP contribution in [0.5, 0.6) is 0 Å². The molecule has 1 atom stereocenters. The zero-order valence-corrected chi connectivity index (χ0v) is 9.82. The maximum atomic E-state index is 4.22. The zero-order valence-electron chi connectivity index (χ0n) is 9.82. The first-order valence-electron chi connectivity index (χ1n) is 5.65. The molecule has 2 heterocycles. The third-order valence-electron chi connectivity index (χ3n) is 2.73. The maximum Gasteiger partial charge on any atom is 0.138 e. The molecule has 0 fully saturated rings. The summed E-state index contributed by atoms with van der Waals surface area (Å²) in [4.78, 5) is 4.22. The Labute approximate surface area is 91.1 Å². The van der Waals surface area contributed by atoms with E-state index in [-0.39, 0.29) is 0 Å². The lowest BCUT2D eigenvalue weighted by molar-refractivity contribution is 0.301. The summed E-state index contributed by atoms with van der Waals surface area (Å²) >= 11 is 0. The molecule has 0 radical (unpaired) electrons. The minimum Gasteiger partial charge on any atom is -0.312 e. The van der Waals surface area contributed by atoms with Crippen LogP contribution in [-0.2, 0) is 13.0 Å². The smallest absolute Gasteiger partial charge is 0.138 e. The van der Waals surface area contributed by atoms with Crippen molar-refractivity contribution in [2.75, 3.05) is 6.54 Å². The fourth-order valence-electron chi connectivity index (χ4n) is 1.85. The van der Waals surface area contributed by atoms with Gasteiger partial charge in [0.2, 0.25) is 0 Å². The van der Waals surface area contributed by atoms with Gasteiger partial charge in [-0.1, -0.05) is 20.8 Å². The minimum atomic E-state index is 0.350. The lowest BCUT2D eigenvalue weighted by Gasteiger charge is -2.27. The lowest BCUT2D eigenvalue weighted by atomic mass is 9.96. The molecule has 1 N–H and O–H groups in total. The van der Waals surface area contributed by atoms with Crippen molar-refractivity contribution in [3.05, 3.63) is 12.2 Å². The van der Waals surface area contributed by atoms with Crippen LogP contribution in [0.3, 0.4) is 0 Å². The Morgan fingerprint density at radius 2 is 2.33 bits per heavy atom. The van der Waals surface area contributed by atoms with Gasteiger partial charge in [-0.05, 0) is 11.8 Å². The number of rotatable bonds is 2. The highest BCUT2D eigenvalue weighted by atomic mass is 15.3. The molecule has 0 saturated heterocycles. The predicted octanol–water partition coefficient (Wildman–Crippen LogP) is 1.23. The van der Waals surface area contributed by atoms with Crippen molar-refractivity contribution >= 4 is 0 Å². The van der Waals surface area contributed by atoms with E-state index in [1.54, 1.807) is 6.33 Å². The van der Waals surface area contributed by atoms with Crippen LogP contribution in [0.4, 0.5) is 0 Å². The summed E-state index contributed by atoms with van der Waals surface area (Å²) in [5.74, 6) is 1.13. The van der Waals surface area contributed by atoms with Crippen LogP contribution in [0.25, 0.3) is 0 Å². The average molecular weight is 208 g/mol. The van der Waals surface area contributed by atoms with Gasteiger partial charge in [0.05, 0.1) is 6.54 Å². The molecule has 1 aliphatic heterocycles. The van der Waals surface area contributed by atoms with E-state index in [1.807, 2.05) is 4.68 Å². The molecular formula is C11H20N4. The third kappa shape index (κ3) is 2.78. The molecule has 0 saturated carbocycles. The van der Waals surface area contributed by atoms with E-state index in [2.05, 4.69) is 36.2 Å². The van der Waals surface area contributed by atoms with Crippen LogP contribution in [0.15, 0.2) is 6.33 Å². The van der Waals surface area contributed by atoms with Gasteiger partial charge >= 0.3 is 0 Å². The molecular weight excluding hydrogens is 188 g/mol. The fourth-order valence-corrected chi connectivity index (χ4v) is 1.85. The summed E-state index contributed by atoms with van der Waals surface area (Å²) in [6, 6.07) is 0.554. The molecule has 0 spiro atoms. The number of aryl methyl sites for hydroxylation is 1. The number of hydrogen-bond donors (Lipinski definition) is 1. The third-order valence-corrected chi connectivity index (χ3v) is 2.73. The molecule has 0 aromatic carbocycles. The van der Waals surface area contributed by atoms with E-state index in [0.717, 1.165) is 25.3 Å². The van der Waals surface area contributed by atoms with Crippen molar-refractivity contribution in [2.45, 2.75) is 46.2 Å². The summed E-state index contributed by atoms with van der Waals surface area (Å²) in [6.45, 7) is 8.78. The average Bonchev–Trinajstić information content (AvgIpc) is 2.60.